The lowest BCUT2D eigenvalue weighted by atomic mass is 9.96. The van der Waals surface area contributed by atoms with E-state index < -0.39 is 6.10 Å². The van der Waals surface area contributed by atoms with Gasteiger partial charge in [-0.2, -0.15) is 0 Å². The summed E-state index contributed by atoms with van der Waals surface area (Å²) >= 11 is 6.10. The van der Waals surface area contributed by atoms with E-state index in [9.17, 15) is 5.11 Å². The molecule has 2 aromatic rings. The van der Waals surface area contributed by atoms with Gasteiger partial charge in [0.1, 0.15) is 5.75 Å². The summed E-state index contributed by atoms with van der Waals surface area (Å²) in [5.74, 6) is 0.850. The van der Waals surface area contributed by atoms with Crippen LogP contribution in [0.5, 0.6) is 5.75 Å². The second-order valence-corrected chi connectivity index (χ2v) is 5.77. The first kappa shape index (κ1) is 15.9. The largest absolute Gasteiger partial charge is 0.497 e. The predicted molar refractivity (Wildman–Crippen MR) is 87.2 cm³/mol. The normalized spacial score (nSPS) is 12.2. The Hall–Kier alpha value is -1.51. The van der Waals surface area contributed by atoms with Crippen molar-refractivity contribution < 1.29 is 9.84 Å². The first-order valence-electron chi connectivity index (χ1n) is 7.09. The first-order valence-corrected chi connectivity index (χ1v) is 7.46. The third-order valence-electron chi connectivity index (χ3n) is 3.77. The van der Waals surface area contributed by atoms with Crippen LogP contribution in [-0.4, -0.2) is 12.2 Å². The Kier molecular flexibility index (Phi) is 5.27. The van der Waals surface area contributed by atoms with Crippen molar-refractivity contribution in [3.63, 3.8) is 0 Å². The Labute approximate surface area is 131 Å². The molecule has 21 heavy (non-hydrogen) atoms. The molecule has 0 fully saturated rings. The minimum Gasteiger partial charge on any atom is -0.497 e. The van der Waals surface area contributed by atoms with Crippen LogP contribution in [0.2, 0.25) is 5.02 Å². The Morgan fingerprint density at radius 2 is 1.76 bits per heavy atom. The molecule has 1 unspecified atom stereocenters. The molecule has 0 saturated heterocycles. The van der Waals surface area contributed by atoms with Crippen molar-refractivity contribution in [3.05, 3.63) is 63.7 Å². The van der Waals surface area contributed by atoms with Gasteiger partial charge in [-0.15, -0.1) is 0 Å². The molecule has 112 valence electrons. The monoisotopic (exact) mass is 304 g/mol. The molecule has 0 aliphatic rings. The lowest BCUT2D eigenvalue weighted by Gasteiger charge is -2.15. The highest BCUT2D eigenvalue weighted by molar-refractivity contribution is 6.31. The van der Waals surface area contributed by atoms with Gasteiger partial charge in [-0.25, -0.2) is 0 Å². The molecule has 1 atom stereocenters. The summed E-state index contributed by atoms with van der Waals surface area (Å²) in [4.78, 5) is 0. The Bertz CT molecular complexity index is 605. The van der Waals surface area contributed by atoms with Gasteiger partial charge < -0.3 is 9.84 Å². The van der Waals surface area contributed by atoms with E-state index in [0.29, 0.717) is 6.42 Å². The zero-order valence-corrected chi connectivity index (χ0v) is 13.4. The molecule has 2 aromatic carbocycles. The van der Waals surface area contributed by atoms with Gasteiger partial charge in [0.2, 0.25) is 0 Å². The van der Waals surface area contributed by atoms with Crippen molar-refractivity contribution in [1.82, 2.24) is 0 Å². The number of methoxy groups -OCH3 is 1. The third kappa shape index (κ3) is 3.99. The zero-order chi connectivity index (χ0) is 15.4. The number of aryl methyl sites for hydroxylation is 3. The maximum Gasteiger partial charge on any atom is 0.118 e. The quantitative estimate of drug-likeness (QED) is 0.872. The van der Waals surface area contributed by atoms with Gasteiger partial charge in [0.25, 0.3) is 0 Å². The molecule has 0 aliphatic heterocycles. The molecule has 2 rings (SSSR count). The molecule has 0 radical (unpaired) electrons. The molecule has 2 nitrogen and oxygen atoms in total. The average Bonchev–Trinajstić information content (AvgIpc) is 2.49. The van der Waals surface area contributed by atoms with Crippen molar-refractivity contribution in [1.29, 1.82) is 0 Å². The van der Waals surface area contributed by atoms with Crippen LogP contribution in [0.3, 0.4) is 0 Å². The highest BCUT2D eigenvalue weighted by atomic mass is 35.5. The highest BCUT2D eigenvalue weighted by Crippen LogP contribution is 2.27. The molecule has 0 saturated carbocycles. The maximum atomic E-state index is 10.4. The summed E-state index contributed by atoms with van der Waals surface area (Å²) in [7, 11) is 1.66. The van der Waals surface area contributed by atoms with E-state index >= 15 is 0 Å². The van der Waals surface area contributed by atoms with Gasteiger partial charge in [-0.05, 0) is 67.1 Å². The summed E-state index contributed by atoms with van der Waals surface area (Å²) in [5.41, 5.74) is 4.19. The van der Waals surface area contributed by atoms with Gasteiger partial charge in [-0.1, -0.05) is 29.8 Å². The molecule has 0 aromatic heterocycles. The number of hydrogen-bond donors (Lipinski definition) is 1. The number of benzene rings is 2. The van der Waals surface area contributed by atoms with E-state index in [1.807, 2.05) is 50.2 Å². The third-order valence-corrected chi connectivity index (χ3v) is 4.18. The second kappa shape index (κ2) is 6.97. The minimum absolute atomic E-state index is 0.469. The minimum atomic E-state index is -0.469. The van der Waals surface area contributed by atoms with Crippen LogP contribution in [0.25, 0.3) is 0 Å². The van der Waals surface area contributed by atoms with E-state index in [4.69, 9.17) is 16.3 Å². The van der Waals surface area contributed by atoms with Gasteiger partial charge in [0, 0.05) is 5.02 Å². The Morgan fingerprint density at radius 1 is 1.10 bits per heavy atom. The summed E-state index contributed by atoms with van der Waals surface area (Å²) < 4.78 is 5.14. The molecular formula is C18H21ClO2. The molecule has 0 aliphatic carbocycles. The lowest BCUT2D eigenvalue weighted by Crippen LogP contribution is -2.03. The highest BCUT2D eigenvalue weighted by Gasteiger charge is 2.12. The van der Waals surface area contributed by atoms with Gasteiger partial charge in [0.15, 0.2) is 0 Å². The van der Waals surface area contributed by atoms with Crippen LogP contribution < -0.4 is 4.74 Å². The van der Waals surface area contributed by atoms with Crippen LogP contribution in [0, 0.1) is 13.8 Å². The van der Waals surface area contributed by atoms with Gasteiger partial charge in [0.05, 0.1) is 13.2 Å². The smallest absolute Gasteiger partial charge is 0.118 e. The fourth-order valence-electron chi connectivity index (χ4n) is 2.41. The predicted octanol–water partition coefficient (Wildman–Crippen LogP) is 4.63. The summed E-state index contributed by atoms with van der Waals surface area (Å²) in [5, 5.41) is 11.2. The van der Waals surface area contributed by atoms with Gasteiger partial charge >= 0.3 is 0 Å². The molecule has 0 spiro atoms. The van der Waals surface area contributed by atoms with Crippen molar-refractivity contribution in [2.24, 2.45) is 0 Å². The fraction of sp³-hybridized carbons (Fsp3) is 0.333. The topological polar surface area (TPSA) is 29.5 Å². The number of rotatable bonds is 5. The van der Waals surface area contributed by atoms with Crippen LogP contribution in [0.1, 0.15) is 34.8 Å². The van der Waals surface area contributed by atoms with Crippen LogP contribution in [0.15, 0.2) is 36.4 Å². The summed E-state index contributed by atoms with van der Waals surface area (Å²) in [6.45, 7) is 3.94. The van der Waals surface area contributed by atoms with E-state index in [1.54, 1.807) is 7.11 Å². The van der Waals surface area contributed by atoms with E-state index in [0.717, 1.165) is 33.9 Å². The standard InChI is InChI=1S/C18H21ClO2/c1-12-11-17(19)13(2)10-16(12)18(20)9-6-14-4-7-15(21-3)8-5-14/h4-5,7-8,10-11,18,20H,6,9H2,1-3H3. The Balaban J connectivity index is 2.04. The lowest BCUT2D eigenvalue weighted by molar-refractivity contribution is 0.167. The molecule has 3 heteroatoms. The van der Waals surface area contributed by atoms with Crippen LogP contribution >= 0.6 is 11.6 Å². The molecule has 1 N–H and O–H groups in total. The van der Waals surface area contributed by atoms with E-state index in [1.165, 1.54) is 5.56 Å². The Morgan fingerprint density at radius 3 is 2.38 bits per heavy atom. The maximum absolute atomic E-state index is 10.4. The number of ether oxygens (including phenoxy) is 1. The van der Waals surface area contributed by atoms with Crippen molar-refractivity contribution in [2.75, 3.05) is 7.11 Å². The number of halogens is 1. The van der Waals surface area contributed by atoms with E-state index in [-0.39, 0.29) is 0 Å². The molecular weight excluding hydrogens is 284 g/mol. The van der Waals surface area contributed by atoms with Crippen LogP contribution in [-0.2, 0) is 6.42 Å². The number of aliphatic hydroxyl groups excluding tert-OH is 1. The SMILES string of the molecule is COc1ccc(CCC(O)c2cc(C)c(Cl)cc2C)cc1. The zero-order valence-electron chi connectivity index (χ0n) is 12.7. The first-order chi connectivity index (χ1) is 10.0. The molecule has 0 bridgehead atoms. The summed E-state index contributed by atoms with van der Waals surface area (Å²) in [6, 6.07) is 11.9. The van der Waals surface area contributed by atoms with Crippen LogP contribution in [0.4, 0.5) is 0 Å². The van der Waals surface area contributed by atoms with Crippen molar-refractivity contribution in [3.8, 4) is 5.75 Å². The molecule has 0 amide bonds. The second-order valence-electron chi connectivity index (χ2n) is 5.36. The fourth-order valence-corrected chi connectivity index (χ4v) is 2.63. The summed E-state index contributed by atoms with van der Waals surface area (Å²) in [6.07, 6.45) is 1.05. The van der Waals surface area contributed by atoms with E-state index in [2.05, 4.69) is 0 Å². The molecule has 0 heterocycles. The number of aliphatic hydroxyl groups is 1. The van der Waals surface area contributed by atoms with Gasteiger partial charge in [-0.3, -0.25) is 0 Å². The number of hydrogen-bond acceptors (Lipinski definition) is 2. The average molecular weight is 305 g/mol. The van der Waals surface area contributed by atoms with Crippen molar-refractivity contribution >= 4 is 11.6 Å². The van der Waals surface area contributed by atoms with Crippen molar-refractivity contribution in [2.45, 2.75) is 32.8 Å².